The van der Waals surface area contributed by atoms with Gasteiger partial charge in [0.2, 0.25) is 0 Å². The summed E-state index contributed by atoms with van der Waals surface area (Å²) in [5, 5.41) is 0. The summed E-state index contributed by atoms with van der Waals surface area (Å²) < 4.78 is 46.8. The summed E-state index contributed by atoms with van der Waals surface area (Å²) in [7, 11) is -10.2. The van der Waals surface area contributed by atoms with E-state index in [1.807, 2.05) is 0 Å². The average Bonchev–Trinajstić information content (AvgIpc) is 3.03. The van der Waals surface area contributed by atoms with Crippen LogP contribution in [0.1, 0.15) is 75.3 Å². The van der Waals surface area contributed by atoms with Gasteiger partial charge in [-0.25, -0.2) is 14.3 Å². The Hall–Kier alpha value is 2.10. The van der Waals surface area contributed by atoms with Crippen LogP contribution in [-0.4, -0.2) is 34.2 Å². The molecule has 2 aromatic rings. The van der Waals surface area contributed by atoms with E-state index in [9.17, 15) is 28.7 Å². The van der Waals surface area contributed by atoms with Crippen molar-refractivity contribution in [3.8, 4) is 11.5 Å². The number of phosphoric ester groups is 2. The van der Waals surface area contributed by atoms with Crippen LogP contribution in [0.5, 0.6) is 11.5 Å². The Morgan fingerprint density at radius 2 is 0.929 bits per heavy atom. The van der Waals surface area contributed by atoms with Gasteiger partial charge >= 0.3 is 126 Å². The van der Waals surface area contributed by atoms with Crippen molar-refractivity contribution < 1.29 is 185 Å². The van der Waals surface area contributed by atoms with E-state index < -0.39 is 38.4 Å². The van der Waals surface area contributed by atoms with E-state index in [4.69, 9.17) is 38.1 Å². The molecule has 2 aliphatic heterocycles. The van der Waals surface area contributed by atoms with Crippen molar-refractivity contribution in [1.29, 1.82) is 0 Å². The Morgan fingerprint density at radius 1 is 0.571 bits per heavy atom. The molecule has 2 unspecified atom stereocenters. The maximum atomic E-state index is 11.8. The minimum absolute atomic E-state index is 0. The summed E-state index contributed by atoms with van der Waals surface area (Å²) in [4.78, 5) is 66.9. The van der Waals surface area contributed by atoms with Crippen molar-refractivity contribution in [2.75, 3.05) is 13.2 Å². The van der Waals surface area contributed by atoms with Crippen LogP contribution < -0.4 is 137 Å². The number of ether oxygens (including phenoxy) is 2. The topological polar surface area (TPSA) is 195 Å². The summed E-state index contributed by atoms with van der Waals surface area (Å²) in [5.74, 6) is 0.0743. The molecule has 2 saturated heterocycles. The van der Waals surface area contributed by atoms with Crippen LogP contribution in [0.3, 0.4) is 0 Å². The van der Waals surface area contributed by atoms with Gasteiger partial charge in [0.1, 0.15) is 19.3 Å². The minimum atomic E-state index is -5.34. The molecule has 10 fully saturated rings. The number of phosphoric acid groups is 2. The van der Waals surface area contributed by atoms with Crippen molar-refractivity contribution >= 4 is 15.6 Å². The first kappa shape index (κ1) is 47.6. The number of benzene rings is 2. The first-order valence-corrected chi connectivity index (χ1v) is 21.5. The molecule has 282 valence electrons. The van der Waals surface area contributed by atoms with Crippen molar-refractivity contribution in [1.82, 2.24) is 0 Å². The number of hydrogen-bond donors (Lipinski definition) is 2. The second kappa shape index (κ2) is 17.2. The van der Waals surface area contributed by atoms with Crippen LogP contribution in [0.4, 0.5) is 0 Å². The van der Waals surface area contributed by atoms with E-state index in [0.717, 1.165) is 51.4 Å². The zero-order valence-corrected chi connectivity index (χ0v) is 42.2. The van der Waals surface area contributed by atoms with Gasteiger partial charge in [-0.3, -0.25) is 9.79 Å². The molecule has 2 N–H and O–H groups in total. The Bertz CT molecular complexity index is 1680. The fourth-order valence-electron chi connectivity index (χ4n) is 12.7. The average molecular weight is 853 g/mol. The second-order valence-corrected chi connectivity index (χ2v) is 18.9. The smallest absolute Gasteiger partial charge is 0.780 e. The Morgan fingerprint density at radius 3 is 1.23 bits per heavy atom. The molecule has 0 radical (unpaired) electrons. The molecule has 56 heavy (non-hydrogen) atoms. The van der Waals surface area contributed by atoms with Crippen LogP contribution in [0, 0.1) is 47.3 Å². The van der Waals surface area contributed by atoms with Gasteiger partial charge in [-0.05, 0) is 136 Å². The van der Waals surface area contributed by atoms with Crippen molar-refractivity contribution in [3.63, 3.8) is 0 Å². The van der Waals surface area contributed by atoms with Crippen LogP contribution in [0.15, 0.2) is 48.5 Å². The Balaban J connectivity index is 0.00000133. The third-order valence-electron chi connectivity index (χ3n) is 13.9. The first-order valence-electron chi connectivity index (χ1n) is 18.5. The van der Waals surface area contributed by atoms with Gasteiger partial charge < -0.3 is 32.9 Å². The van der Waals surface area contributed by atoms with Gasteiger partial charge in [0.15, 0.2) is 11.2 Å². The Labute approximate surface area is 414 Å². The standard InChI is InChI=1S/C36H44O14P2.4Na/c37-51(38,39)45-31-5-1-3-25(19-31)35(33(47-49-35)27-11-21-9-22(13-27)14-28(33)12-21)43-7-8-44-36(26-4-2-6-32(20-26)46-52(40,41)42)34(48-50-36)29-15-23-10-24(17-29)18-30(34)16-23;;;;/h1-6,19-24,27-30H,7-18H2,(H2,37,38,39)(H2,40,41,42);;;;/q;4*+1/p-2. The molecule has 10 aliphatic rings. The quantitative estimate of drug-likeness (QED) is 0.0938. The fraction of sp³-hybridized carbons (Fsp3) is 0.667. The maximum absolute atomic E-state index is 11.8. The molecule has 12 rings (SSSR count). The third-order valence-corrected chi connectivity index (χ3v) is 14.8. The molecular weight excluding hydrogens is 810 g/mol. The predicted octanol–water partition coefficient (Wildman–Crippen LogP) is -7.27. The second-order valence-electron chi connectivity index (χ2n) is 16.6. The van der Waals surface area contributed by atoms with Gasteiger partial charge in [-0.1, -0.05) is 24.3 Å². The summed E-state index contributed by atoms with van der Waals surface area (Å²) in [6, 6.07) is 12.7. The zero-order valence-electron chi connectivity index (χ0n) is 32.4. The molecule has 2 atom stereocenters. The third kappa shape index (κ3) is 7.66. The Kier molecular flexibility index (Phi) is 14.6. The molecule has 14 nitrogen and oxygen atoms in total. The van der Waals surface area contributed by atoms with Gasteiger partial charge in [-0.2, -0.15) is 9.78 Å². The summed E-state index contributed by atoms with van der Waals surface area (Å²) >= 11 is 0. The van der Waals surface area contributed by atoms with Crippen LogP contribution in [0.25, 0.3) is 0 Å². The van der Waals surface area contributed by atoms with Gasteiger partial charge in [0, 0.05) is 11.1 Å². The fourth-order valence-corrected chi connectivity index (χ4v) is 13.4. The monoisotopic (exact) mass is 852 g/mol. The zero-order chi connectivity index (χ0) is 35.7. The van der Waals surface area contributed by atoms with Gasteiger partial charge in [0.25, 0.3) is 11.6 Å². The number of hydrogen-bond acceptors (Lipinski definition) is 12. The molecule has 8 bridgehead atoms. The molecule has 8 saturated carbocycles. The number of rotatable bonds is 11. The normalized spacial score (nSPS) is 40.7. The molecular formula is C36H42Na4O14P2+2. The molecule has 0 amide bonds. The van der Waals surface area contributed by atoms with E-state index in [1.54, 1.807) is 30.3 Å². The van der Waals surface area contributed by atoms with Crippen molar-refractivity contribution in [2.45, 2.75) is 87.0 Å². The first-order chi connectivity index (χ1) is 24.8. The van der Waals surface area contributed by atoms with Crippen LogP contribution >= 0.6 is 15.6 Å². The maximum Gasteiger partial charge on any atom is 1.00 e. The SMILES string of the molecule is O=P([O-])([O-])Oc1cccc(C2(OCCOC3(c4cccc(OP(=O)(O)O)c4)OOC34C3CC5CC(C3)CC4C5)OOC23C2CC4CC(C2)CC3C4)c1.[Na+].[Na+].[Na+].[Na+]. The van der Waals surface area contributed by atoms with Crippen LogP contribution in [0.2, 0.25) is 0 Å². The van der Waals surface area contributed by atoms with E-state index in [2.05, 4.69) is 0 Å². The van der Waals surface area contributed by atoms with E-state index in [-0.39, 0.29) is 167 Å². The van der Waals surface area contributed by atoms with Crippen molar-refractivity contribution in [2.24, 2.45) is 47.3 Å². The van der Waals surface area contributed by atoms with Gasteiger partial charge in [-0.15, -0.1) is 0 Å². The van der Waals surface area contributed by atoms with Crippen LogP contribution in [-0.2, 0) is 49.7 Å². The summed E-state index contributed by atoms with van der Waals surface area (Å²) in [6.07, 6.45) is 10.3. The molecule has 2 heterocycles. The van der Waals surface area contributed by atoms with Crippen molar-refractivity contribution in [3.05, 3.63) is 59.7 Å². The molecule has 0 aromatic heterocycles. The molecule has 8 aliphatic carbocycles. The predicted molar refractivity (Wildman–Crippen MR) is 173 cm³/mol. The minimum Gasteiger partial charge on any atom is -0.780 e. The van der Waals surface area contributed by atoms with E-state index in [0.29, 0.717) is 34.8 Å². The van der Waals surface area contributed by atoms with E-state index >= 15 is 0 Å². The molecule has 2 spiro atoms. The van der Waals surface area contributed by atoms with Gasteiger partial charge in [0.05, 0.1) is 13.2 Å². The summed E-state index contributed by atoms with van der Waals surface area (Å²) in [5.41, 5.74) is -0.636. The molecule has 2 aromatic carbocycles. The molecule has 20 heteroatoms. The largest absolute Gasteiger partial charge is 1.00 e. The van der Waals surface area contributed by atoms with E-state index in [1.165, 1.54) is 31.0 Å². The summed E-state index contributed by atoms with van der Waals surface area (Å²) in [6.45, 7) is 0.0137.